The third-order valence-corrected chi connectivity index (χ3v) is 4.65. The number of hydrogen-bond donors (Lipinski definition) is 1. The van der Waals surface area contributed by atoms with Gasteiger partial charge in [0.25, 0.3) is 5.69 Å². The highest BCUT2D eigenvalue weighted by Crippen LogP contribution is 2.40. The van der Waals surface area contributed by atoms with Crippen LogP contribution in [0.15, 0.2) is 24.3 Å². The van der Waals surface area contributed by atoms with E-state index >= 15 is 0 Å². The van der Waals surface area contributed by atoms with E-state index < -0.39 is 4.92 Å². The predicted octanol–water partition coefficient (Wildman–Crippen LogP) is 4.39. The molecule has 0 heterocycles. The van der Waals surface area contributed by atoms with Crippen LogP contribution in [0.4, 0.5) is 11.4 Å². The van der Waals surface area contributed by atoms with Gasteiger partial charge in [0.15, 0.2) is 0 Å². The van der Waals surface area contributed by atoms with Crippen LogP contribution in [0.25, 0.3) is 0 Å². The van der Waals surface area contributed by atoms with Crippen LogP contribution in [0, 0.1) is 27.4 Å². The molecular formula is C17H24N2O3. The van der Waals surface area contributed by atoms with Crippen LogP contribution in [0.5, 0.6) is 0 Å². The van der Waals surface area contributed by atoms with E-state index in [0.29, 0.717) is 17.0 Å². The Morgan fingerprint density at radius 1 is 1.23 bits per heavy atom. The van der Waals surface area contributed by atoms with E-state index in [1.165, 1.54) is 12.1 Å². The average molecular weight is 304 g/mol. The highest BCUT2D eigenvalue weighted by molar-refractivity contribution is 5.92. The highest BCUT2D eigenvalue weighted by atomic mass is 16.6. The number of non-ortho nitro benzene ring substituents is 1. The van der Waals surface area contributed by atoms with Gasteiger partial charge < -0.3 is 5.32 Å². The van der Waals surface area contributed by atoms with Gasteiger partial charge in [-0.25, -0.2) is 0 Å². The second-order valence-electron chi connectivity index (χ2n) is 7.21. The summed E-state index contributed by atoms with van der Waals surface area (Å²) >= 11 is 0. The molecule has 1 aromatic carbocycles. The summed E-state index contributed by atoms with van der Waals surface area (Å²) in [5.74, 6) is 0.653. The molecule has 0 aliphatic heterocycles. The number of rotatable bonds is 3. The maximum absolute atomic E-state index is 12.3. The van der Waals surface area contributed by atoms with Gasteiger partial charge in [-0.15, -0.1) is 0 Å². The predicted molar refractivity (Wildman–Crippen MR) is 86.6 cm³/mol. The third-order valence-electron chi connectivity index (χ3n) is 4.65. The summed E-state index contributed by atoms with van der Waals surface area (Å²) < 4.78 is 0. The van der Waals surface area contributed by atoms with Gasteiger partial charge in [0.1, 0.15) is 0 Å². The second-order valence-corrected chi connectivity index (χ2v) is 7.21. The first-order valence-electron chi connectivity index (χ1n) is 7.82. The minimum Gasteiger partial charge on any atom is -0.326 e. The molecule has 1 aliphatic carbocycles. The topological polar surface area (TPSA) is 72.2 Å². The SMILES string of the molecule is CC(C)(C)C1CCC(C(=O)Nc2cccc([N+](=O)[O-])c2)CC1. The van der Waals surface area contributed by atoms with Crippen LogP contribution in [-0.4, -0.2) is 10.8 Å². The number of nitro groups is 1. The molecule has 22 heavy (non-hydrogen) atoms. The van der Waals surface area contributed by atoms with Gasteiger partial charge in [-0.3, -0.25) is 14.9 Å². The maximum atomic E-state index is 12.3. The number of anilines is 1. The van der Waals surface area contributed by atoms with Crippen LogP contribution in [-0.2, 0) is 4.79 Å². The molecule has 1 saturated carbocycles. The fourth-order valence-corrected chi connectivity index (χ4v) is 3.16. The minimum absolute atomic E-state index is 0.00533. The van der Waals surface area contributed by atoms with Gasteiger partial charge in [-0.1, -0.05) is 26.8 Å². The van der Waals surface area contributed by atoms with Crippen molar-refractivity contribution in [1.82, 2.24) is 0 Å². The van der Waals surface area contributed by atoms with E-state index in [-0.39, 0.29) is 17.5 Å². The van der Waals surface area contributed by atoms with E-state index in [1.54, 1.807) is 12.1 Å². The van der Waals surface area contributed by atoms with Crippen molar-refractivity contribution >= 4 is 17.3 Å². The van der Waals surface area contributed by atoms with Gasteiger partial charge in [0.2, 0.25) is 5.91 Å². The van der Waals surface area contributed by atoms with Crippen LogP contribution in [0.3, 0.4) is 0 Å². The Hall–Kier alpha value is -1.91. The molecule has 2 rings (SSSR count). The standard InChI is InChI=1S/C17H24N2O3/c1-17(2,3)13-9-7-12(8-10-13)16(20)18-14-5-4-6-15(11-14)19(21)22/h4-6,11-13H,7-10H2,1-3H3,(H,18,20). The quantitative estimate of drug-likeness (QED) is 0.665. The molecule has 120 valence electrons. The van der Waals surface area contributed by atoms with Gasteiger partial charge in [0, 0.05) is 23.7 Å². The number of amides is 1. The van der Waals surface area contributed by atoms with Crippen molar-refractivity contribution in [2.75, 3.05) is 5.32 Å². The number of nitrogens with zero attached hydrogens (tertiary/aromatic N) is 1. The van der Waals surface area contributed by atoms with Crippen LogP contribution < -0.4 is 5.32 Å². The molecule has 0 bridgehead atoms. The smallest absolute Gasteiger partial charge is 0.271 e. The van der Waals surface area contributed by atoms with Crippen molar-refractivity contribution in [3.8, 4) is 0 Å². The summed E-state index contributed by atoms with van der Waals surface area (Å²) in [6.07, 6.45) is 3.92. The Bertz CT molecular complexity index is 555. The molecule has 1 aromatic rings. The molecule has 0 saturated heterocycles. The molecule has 0 unspecified atom stereocenters. The van der Waals surface area contributed by atoms with Crippen LogP contribution in [0.1, 0.15) is 46.5 Å². The van der Waals surface area contributed by atoms with Crippen molar-refractivity contribution in [2.24, 2.45) is 17.3 Å². The molecule has 1 amide bonds. The number of hydrogen-bond acceptors (Lipinski definition) is 3. The van der Waals surface area contributed by atoms with E-state index in [1.807, 2.05) is 0 Å². The largest absolute Gasteiger partial charge is 0.326 e. The molecular weight excluding hydrogens is 280 g/mol. The van der Waals surface area contributed by atoms with Gasteiger partial charge >= 0.3 is 0 Å². The van der Waals surface area contributed by atoms with E-state index in [0.717, 1.165) is 25.7 Å². The maximum Gasteiger partial charge on any atom is 0.271 e. The summed E-state index contributed by atoms with van der Waals surface area (Å²) in [6.45, 7) is 6.75. The van der Waals surface area contributed by atoms with Gasteiger partial charge in [0.05, 0.1) is 4.92 Å². The summed E-state index contributed by atoms with van der Waals surface area (Å²) in [5, 5.41) is 13.6. The monoisotopic (exact) mass is 304 g/mol. The number of carbonyl (C=O) groups excluding carboxylic acids is 1. The van der Waals surface area contributed by atoms with E-state index in [9.17, 15) is 14.9 Å². The summed E-state index contributed by atoms with van der Waals surface area (Å²) in [7, 11) is 0. The molecule has 0 radical (unpaired) electrons. The Labute approximate surface area is 131 Å². The zero-order valence-corrected chi connectivity index (χ0v) is 13.5. The molecule has 1 N–H and O–H groups in total. The first-order valence-corrected chi connectivity index (χ1v) is 7.82. The van der Waals surface area contributed by atoms with Gasteiger partial charge in [-0.2, -0.15) is 0 Å². The molecule has 0 aromatic heterocycles. The highest BCUT2D eigenvalue weighted by Gasteiger charge is 2.32. The molecule has 0 spiro atoms. The summed E-state index contributed by atoms with van der Waals surface area (Å²) in [5.41, 5.74) is 0.785. The number of benzene rings is 1. The van der Waals surface area contributed by atoms with Crippen molar-refractivity contribution in [2.45, 2.75) is 46.5 Å². The van der Waals surface area contributed by atoms with Crippen molar-refractivity contribution in [3.05, 3.63) is 34.4 Å². The summed E-state index contributed by atoms with van der Waals surface area (Å²) in [6, 6.07) is 6.10. The van der Waals surface area contributed by atoms with Crippen molar-refractivity contribution in [3.63, 3.8) is 0 Å². The first kappa shape index (κ1) is 16.5. The van der Waals surface area contributed by atoms with Gasteiger partial charge in [-0.05, 0) is 43.1 Å². The minimum atomic E-state index is -0.454. The normalized spacial score (nSPS) is 22.1. The fourth-order valence-electron chi connectivity index (χ4n) is 3.16. The Balaban J connectivity index is 1.94. The number of nitrogens with one attached hydrogen (secondary N) is 1. The molecule has 5 nitrogen and oxygen atoms in total. The Morgan fingerprint density at radius 2 is 1.86 bits per heavy atom. The van der Waals surface area contributed by atoms with Crippen molar-refractivity contribution < 1.29 is 9.72 Å². The lowest BCUT2D eigenvalue weighted by molar-refractivity contribution is -0.384. The third kappa shape index (κ3) is 4.06. The Morgan fingerprint density at radius 3 is 2.41 bits per heavy atom. The lowest BCUT2D eigenvalue weighted by atomic mass is 9.69. The zero-order chi connectivity index (χ0) is 16.3. The molecule has 5 heteroatoms. The van der Waals surface area contributed by atoms with E-state index in [2.05, 4.69) is 26.1 Å². The first-order chi connectivity index (χ1) is 10.3. The van der Waals surface area contributed by atoms with Crippen LogP contribution in [0.2, 0.25) is 0 Å². The van der Waals surface area contributed by atoms with E-state index in [4.69, 9.17) is 0 Å². The number of carbonyl (C=O) groups is 1. The fraction of sp³-hybridized carbons (Fsp3) is 0.588. The van der Waals surface area contributed by atoms with Crippen LogP contribution >= 0.6 is 0 Å². The average Bonchev–Trinajstić information content (AvgIpc) is 2.46. The lowest BCUT2D eigenvalue weighted by Crippen LogP contribution is -2.31. The second kappa shape index (κ2) is 6.46. The van der Waals surface area contributed by atoms with Crippen molar-refractivity contribution in [1.29, 1.82) is 0 Å². The Kier molecular flexibility index (Phi) is 4.84. The molecule has 1 aliphatic rings. The molecule has 1 fully saturated rings. The summed E-state index contributed by atoms with van der Waals surface area (Å²) in [4.78, 5) is 22.6. The lowest BCUT2D eigenvalue weighted by Gasteiger charge is -2.36. The molecule has 0 atom stereocenters. The number of nitro benzene ring substituents is 1. The zero-order valence-electron chi connectivity index (χ0n) is 13.5.